The highest BCUT2D eigenvalue weighted by atomic mass is 35.5. The summed E-state index contributed by atoms with van der Waals surface area (Å²) in [6.45, 7) is 4.88. The molecule has 0 aliphatic heterocycles. The number of halogens is 2. The van der Waals surface area contributed by atoms with Gasteiger partial charge in [0.05, 0.1) is 0 Å². The van der Waals surface area contributed by atoms with Crippen LogP contribution in [0.5, 0.6) is 0 Å². The van der Waals surface area contributed by atoms with Gasteiger partial charge in [-0.25, -0.2) is 4.98 Å². The van der Waals surface area contributed by atoms with Gasteiger partial charge in [-0.1, -0.05) is 36.2 Å². The molecule has 1 heterocycles. The number of aryl methyl sites for hydroxylation is 1. The Bertz CT molecular complexity index is 609. The Morgan fingerprint density at radius 1 is 1.29 bits per heavy atom. The summed E-state index contributed by atoms with van der Waals surface area (Å²) in [4.78, 5) is 4.24. The van der Waals surface area contributed by atoms with Crippen LogP contribution in [0.1, 0.15) is 29.7 Å². The van der Waals surface area contributed by atoms with Gasteiger partial charge in [0.15, 0.2) is 0 Å². The summed E-state index contributed by atoms with van der Waals surface area (Å²) < 4.78 is 0. The van der Waals surface area contributed by atoms with E-state index in [1.54, 1.807) is 6.20 Å². The topological polar surface area (TPSA) is 50.9 Å². The number of nitrogens with zero attached hydrogens (tertiary/aromatic N) is 1. The third kappa shape index (κ3) is 3.88. The second kappa shape index (κ2) is 7.12. The summed E-state index contributed by atoms with van der Waals surface area (Å²) in [5.41, 5.74) is 9.01. The third-order valence-electron chi connectivity index (χ3n) is 3.38. The van der Waals surface area contributed by atoms with Gasteiger partial charge in [-0.15, -0.1) is 0 Å². The summed E-state index contributed by atoms with van der Waals surface area (Å²) in [5, 5.41) is 4.77. The largest absolute Gasteiger partial charge is 0.383 e. The Hall–Kier alpha value is -1.29. The monoisotopic (exact) mass is 323 g/mol. The average molecular weight is 324 g/mol. The van der Waals surface area contributed by atoms with E-state index >= 15 is 0 Å². The summed E-state index contributed by atoms with van der Waals surface area (Å²) >= 11 is 12.5. The fourth-order valence-corrected chi connectivity index (χ4v) is 2.90. The molecule has 0 amide bonds. The molecule has 0 saturated heterocycles. The average Bonchev–Trinajstić information content (AvgIpc) is 2.44. The summed E-state index contributed by atoms with van der Waals surface area (Å²) in [5.74, 6) is 0.537. The molecule has 0 radical (unpaired) electrons. The van der Waals surface area contributed by atoms with E-state index in [2.05, 4.69) is 23.3 Å². The van der Waals surface area contributed by atoms with Gasteiger partial charge in [-0.2, -0.15) is 0 Å². The second-order valence-electron chi connectivity index (χ2n) is 5.00. The Morgan fingerprint density at radius 3 is 2.57 bits per heavy atom. The Morgan fingerprint density at radius 2 is 1.95 bits per heavy atom. The van der Waals surface area contributed by atoms with Gasteiger partial charge in [0.1, 0.15) is 5.82 Å². The van der Waals surface area contributed by atoms with E-state index in [4.69, 9.17) is 28.9 Å². The highest BCUT2D eigenvalue weighted by molar-refractivity contribution is 6.36. The number of anilines is 1. The molecule has 1 atom stereocenters. The number of pyridine rings is 1. The van der Waals surface area contributed by atoms with Crippen LogP contribution in [0.3, 0.4) is 0 Å². The van der Waals surface area contributed by atoms with Crippen molar-refractivity contribution in [2.75, 3.05) is 12.3 Å². The van der Waals surface area contributed by atoms with E-state index in [0.29, 0.717) is 22.3 Å². The fraction of sp³-hybridized carbons (Fsp3) is 0.312. The van der Waals surface area contributed by atoms with Crippen molar-refractivity contribution in [3.05, 3.63) is 57.2 Å². The molecule has 0 saturated carbocycles. The molecule has 1 aromatic carbocycles. The van der Waals surface area contributed by atoms with E-state index in [0.717, 1.165) is 23.2 Å². The molecule has 0 fully saturated rings. The maximum atomic E-state index is 6.27. The van der Waals surface area contributed by atoms with Crippen LogP contribution < -0.4 is 11.1 Å². The van der Waals surface area contributed by atoms with Crippen molar-refractivity contribution in [3.63, 3.8) is 0 Å². The number of hydrogen-bond donors (Lipinski definition) is 2. The smallest absolute Gasteiger partial charge is 0.128 e. The first-order valence-electron chi connectivity index (χ1n) is 6.91. The van der Waals surface area contributed by atoms with Crippen molar-refractivity contribution in [1.82, 2.24) is 10.3 Å². The highest BCUT2D eigenvalue weighted by Gasteiger charge is 2.18. The second-order valence-corrected chi connectivity index (χ2v) is 5.82. The van der Waals surface area contributed by atoms with E-state index in [1.165, 1.54) is 0 Å². The van der Waals surface area contributed by atoms with Crippen LogP contribution in [0.4, 0.5) is 5.82 Å². The molecule has 0 aliphatic carbocycles. The van der Waals surface area contributed by atoms with Gasteiger partial charge < -0.3 is 11.1 Å². The van der Waals surface area contributed by atoms with Crippen molar-refractivity contribution >= 4 is 29.0 Å². The van der Waals surface area contributed by atoms with Crippen LogP contribution in [-0.4, -0.2) is 11.5 Å². The van der Waals surface area contributed by atoms with Crippen LogP contribution >= 0.6 is 23.2 Å². The van der Waals surface area contributed by atoms with Crippen molar-refractivity contribution in [3.8, 4) is 0 Å². The molecule has 21 heavy (non-hydrogen) atoms. The molecule has 2 rings (SSSR count). The SMILES string of the molecule is CCNC(Cc1c(Cl)cccc1Cl)c1cc(C)cnc1N. The Labute approximate surface area is 135 Å². The lowest BCUT2D eigenvalue weighted by Crippen LogP contribution is -2.24. The molecule has 2 aromatic rings. The zero-order valence-electron chi connectivity index (χ0n) is 12.2. The molecule has 0 spiro atoms. The summed E-state index contributed by atoms with van der Waals surface area (Å²) in [6, 6.07) is 7.63. The standard InChI is InChI=1S/C16H19Cl2N3/c1-3-20-15(12-7-10(2)9-21-16(12)19)8-11-13(17)5-4-6-14(11)18/h4-7,9,15,20H,3,8H2,1-2H3,(H2,19,21). The number of nitrogens with one attached hydrogen (secondary N) is 1. The molecule has 0 aliphatic rings. The summed E-state index contributed by atoms with van der Waals surface area (Å²) in [6.07, 6.45) is 2.44. The van der Waals surface area contributed by atoms with Gasteiger partial charge in [0, 0.05) is 27.8 Å². The minimum absolute atomic E-state index is 0.0276. The number of hydrogen-bond acceptors (Lipinski definition) is 3. The number of aromatic nitrogens is 1. The molecule has 1 unspecified atom stereocenters. The van der Waals surface area contributed by atoms with E-state index in [-0.39, 0.29) is 6.04 Å². The molecular weight excluding hydrogens is 305 g/mol. The van der Waals surface area contributed by atoms with E-state index in [9.17, 15) is 0 Å². The normalized spacial score (nSPS) is 12.4. The maximum Gasteiger partial charge on any atom is 0.128 e. The predicted octanol–water partition coefficient (Wildman–Crippen LogP) is 4.17. The van der Waals surface area contributed by atoms with Crippen molar-refractivity contribution in [1.29, 1.82) is 0 Å². The Balaban J connectivity index is 2.38. The van der Waals surface area contributed by atoms with Gasteiger partial charge in [-0.05, 0) is 49.2 Å². The lowest BCUT2D eigenvalue weighted by atomic mass is 9.98. The zero-order valence-corrected chi connectivity index (χ0v) is 13.7. The minimum Gasteiger partial charge on any atom is -0.383 e. The molecule has 5 heteroatoms. The van der Waals surface area contributed by atoms with Crippen LogP contribution in [0.25, 0.3) is 0 Å². The van der Waals surface area contributed by atoms with Crippen LogP contribution in [0, 0.1) is 6.92 Å². The Kier molecular flexibility index (Phi) is 5.45. The first kappa shape index (κ1) is 16.1. The van der Waals surface area contributed by atoms with Crippen LogP contribution in [-0.2, 0) is 6.42 Å². The van der Waals surface area contributed by atoms with Gasteiger partial charge in [-0.3, -0.25) is 0 Å². The first-order chi connectivity index (χ1) is 10.0. The third-order valence-corrected chi connectivity index (χ3v) is 4.09. The van der Waals surface area contributed by atoms with Gasteiger partial charge >= 0.3 is 0 Å². The maximum absolute atomic E-state index is 6.27. The number of benzene rings is 1. The van der Waals surface area contributed by atoms with E-state index in [1.807, 2.05) is 25.1 Å². The number of likely N-dealkylation sites (N-methyl/N-ethyl adjacent to an activating group) is 1. The molecular formula is C16H19Cl2N3. The molecule has 3 nitrogen and oxygen atoms in total. The lowest BCUT2D eigenvalue weighted by Gasteiger charge is -2.21. The molecule has 3 N–H and O–H groups in total. The zero-order chi connectivity index (χ0) is 15.4. The molecule has 0 bridgehead atoms. The van der Waals surface area contributed by atoms with Crippen LogP contribution in [0.15, 0.2) is 30.5 Å². The fourth-order valence-electron chi connectivity index (χ4n) is 2.35. The first-order valence-corrected chi connectivity index (χ1v) is 7.66. The highest BCUT2D eigenvalue weighted by Crippen LogP contribution is 2.31. The van der Waals surface area contributed by atoms with Crippen molar-refractivity contribution < 1.29 is 0 Å². The number of nitrogens with two attached hydrogens (primary N) is 1. The molecule has 112 valence electrons. The lowest BCUT2D eigenvalue weighted by molar-refractivity contribution is 0.550. The van der Waals surface area contributed by atoms with Crippen molar-refractivity contribution in [2.45, 2.75) is 26.3 Å². The van der Waals surface area contributed by atoms with Gasteiger partial charge in [0.25, 0.3) is 0 Å². The summed E-state index contributed by atoms with van der Waals surface area (Å²) in [7, 11) is 0. The van der Waals surface area contributed by atoms with E-state index < -0.39 is 0 Å². The number of nitrogen functional groups attached to an aromatic ring is 1. The number of rotatable bonds is 5. The minimum atomic E-state index is 0.0276. The predicted molar refractivity (Wildman–Crippen MR) is 90.0 cm³/mol. The molecule has 1 aromatic heterocycles. The van der Waals surface area contributed by atoms with Crippen LogP contribution in [0.2, 0.25) is 10.0 Å². The van der Waals surface area contributed by atoms with Gasteiger partial charge in [0.2, 0.25) is 0 Å². The van der Waals surface area contributed by atoms with Crippen molar-refractivity contribution in [2.24, 2.45) is 0 Å². The quantitative estimate of drug-likeness (QED) is 0.868.